The van der Waals surface area contributed by atoms with Gasteiger partial charge in [-0.2, -0.15) is 0 Å². The zero-order valence-electron chi connectivity index (χ0n) is 22.9. The lowest BCUT2D eigenvalue weighted by molar-refractivity contribution is -0.142. The summed E-state index contributed by atoms with van der Waals surface area (Å²) in [5.41, 5.74) is 12.7. The number of carboxylic acid groups (broad SMARTS) is 1. The predicted molar refractivity (Wildman–Crippen MR) is 148 cm³/mol. The lowest BCUT2D eigenvalue weighted by atomic mass is 10.0. The smallest absolute Gasteiger partial charge is 0.326 e. The summed E-state index contributed by atoms with van der Waals surface area (Å²) in [6, 6.07) is 1.86. The number of phenols is 1. The standard InChI is InChI=1S/C27H41N7O6/c1-16(2)11-20(29)24(36)33-22(12-17-6-8-19(35)9-7-17)25(37)34-23(13-18-14-30-15-31-18)26(38)32-21(27(39)40)5-3-4-10-28/h6-9,14-16,20-23,35H,3-5,10-13,28-29H2,1-2H3,(H,30,31)(H,32,38)(H,33,36)(H,34,37)(H,39,40). The number of hydrogen-bond donors (Lipinski definition) is 8. The Hall–Kier alpha value is -3.97. The largest absolute Gasteiger partial charge is 0.508 e. The Morgan fingerprint density at radius 2 is 1.52 bits per heavy atom. The average molecular weight is 560 g/mol. The number of carbonyl (C=O) groups excluding carboxylic acids is 3. The van der Waals surface area contributed by atoms with Crippen LogP contribution in [0.25, 0.3) is 0 Å². The minimum atomic E-state index is -1.20. The van der Waals surface area contributed by atoms with Crippen LogP contribution in [-0.4, -0.2) is 74.6 Å². The van der Waals surface area contributed by atoms with Gasteiger partial charge in [0.2, 0.25) is 17.7 Å². The van der Waals surface area contributed by atoms with Crippen molar-refractivity contribution < 1.29 is 29.4 Å². The molecule has 0 aliphatic carbocycles. The molecule has 0 aliphatic rings. The van der Waals surface area contributed by atoms with Crippen molar-refractivity contribution in [2.75, 3.05) is 6.54 Å². The Bertz CT molecular complexity index is 1090. The number of amides is 3. The van der Waals surface area contributed by atoms with Crippen LogP contribution in [0.4, 0.5) is 0 Å². The summed E-state index contributed by atoms with van der Waals surface area (Å²) in [6.45, 7) is 4.24. The SMILES string of the molecule is CC(C)CC(N)C(=O)NC(Cc1ccc(O)cc1)C(=O)NC(Cc1cnc[nH]1)C(=O)NC(CCCCN)C(=O)O. The van der Waals surface area contributed by atoms with Gasteiger partial charge in [0.25, 0.3) is 0 Å². The van der Waals surface area contributed by atoms with Crippen molar-refractivity contribution >= 4 is 23.7 Å². The van der Waals surface area contributed by atoms with Gasteiger partial charge in [0.1, 0.15) is 23.9 Å². The number of aromatic nitrogens is 2. The minimum Gasteiger partial charge on any atom is -0.508 e. The molecule has 1 aromatic heterocycles. The Kier molecular flexibility index (Phi) is 13.1. The van der Waals surface area contributed by atoms with E-state index in [0.29, 0.717) is 37.1 Å². The van der Waals surface area contributed by atoms with E-state index in [1.165, 1.54) is 24.7 Å². The summed E-state index contributed by atoms with van der Waals surface area (Å²) in [7, 11) is 0. The number of unbranched alkanes of at least 4 members (excludes halogenated alkanes) is 1. The molecule has 220 valence electrons. The lowest BCUT2D eigenvalue weighted by Gasteiger charge is -2.25. The number of imidazole rings is 1. The van der Waals surface area contributed by atoms with Crippen LogP contribution >= 0.6 is 0 Å². The Morgan fingerprint density at radius 1 is 0.925 bits per heavy atom. The van der Waals surface area contributed by atoms with Gasteiger partial charge < -0.3 is 42.6 Å². The third kappa shape index (κ3) is 11.0. The van der Waals surface area contributed by atoms with E-state index in [9.17, 15) is 29.4 Å². The molecule has 0 aliphatic heterocycles. The number of carbonyl (C=O) groups is 4. The molecule has 0 spiro atoms. The number of benzene rings is 1. The van der Waals surface area contributed by atoms with E-state index in [4.69, 9.17) is 11.5 Å². The van der Waals surface area contributed by atoms with Crippen molar-refractivity contribution in [1.29, 1.82) is 0 Å². The Morgan fingerprint density at radius 3 is 2.08 bits per heavy atom. The first-order valence-electron chi connectivity index (χ1n) is 13.3. The number of carboxylic acids is 1. The molecule has 13 heteroatoms. The highest BCUT2D eigenvalue weighted by Gasteiger charge is 2.31. The monoisotopic (exact) mass is 559 g/mol. The molecule has 4 atom stereocenters. The number of rotatable bonds is 17. The first kappa shape index (κ1) is 32.2. The highest BCUT2D eigenvalue weighted by molar-refractivity contribution is 5.94. The van der Waals surface area contributed by atoms with Crippen molar-refractivity contribution in [2.24, 2.45) is 17.4 Å². The molecule has 0 fully saturated rings. The van der Waals surface area contributed by atoms with Crippen LogP contribution in [0.2, 0.25) is 0 Å². The Labute approximate surface area is 233 Å². The highest BCUT2D eigenvalue weighted by atomic mass is 16.4. The molecule has 0 bridgehead atoms. The minimum absolute atomic E-state index is 0.000544. The predicted octanol–water partition coefficient (Wildman–Crippen LogP) is -0.0581. The van der Waals surface area contributed by atoms with Crippen LogP contribution < -0.4 is 27.4 Å². The van der Waals surface area contributed by atoms with E-state index in [-0.39, 0.29) is 30.9 Å². The number of hydrogen-bond acceptors (Lipinski definition) is 8. The summed E-state index contributed by atoms with van der Waals surface area (Å²) >= 11 is 0. The van der Waals surface area contributed by atoms with E-state index in [0.717, 1.165) is 0 Å². The van der Waals surface area contributed by atoms with Crippen molar-refractivity contribution in [1.82, 2.24) is 25.9 Å². The second kappa shape index (κ2) is 16.2. The number of nitrogens with two attached hydrogens (primary N) is 2. The summed E-state index contributed by atoms with van der Waals surface area (Å²) in [5, 5.41) is 27.1. The molecule has 40 heavy (non-hydrogen) atoms. The van der Waals surface area contributed by atoms with Crippen molar-refractivity contribution in [2.45, 2.75) is 76.5 Å². The number of nitrogens with one attached hydrogen (secondary N) is 4. The van der Waals surface area contributed by atoms with Crippen LogP contribution in [0.15, 0.2) is 36.8 Å². The number of nitrogens with zero attached hydrogens (tertiary/aromatic N) is 1. The van der Waals surface area contributed by atoms with E-state index >= 15 is 0 Å². The van der Waals surface area contributed by atoms with Gasteiger partial charge in [-0.3, -0.25) is 14.4 Å². The maximum Gasteiger partial charge on any atom is 0.326 e. The summed E-state index contributed by atoms with van der Waals surface area (Å²) < 4.78 is 0. The van der Waals surface area contributed by atoms with Gasteiger partial charge in [-0.15, -0.1) is 0 Å². The molecule has 2 rings (SSSR count). The van der Waals surface area contributed by atoms with Gasteiger partial charge in [0, 0.05) is 24.7 Å². The van der Waals surface area contributed by atoms with Gasteiger partial charge in [0.05, 0.1) is 12.4 Å². The molecule has 13 nitrogen and oxygen atoms in total. The summed E-state index contributed by atoms with van der Waals surface area (Å²) in [5.74, 6) is -2.88. The number of phenolic OH excluding ortho intramolecular Hbond substituents is 1. The fraction of sp³-hybridized carbons (Fsp3) is 0.519. The van der Waals surface area contributed by atoms with Crippen LogP contribution in [0, 0.1) is 5.92 Å². The normalized spacial score (nSPS) is 14.1. The van der Waals surface area contributed by atoms with Gasteiger partial charge in [-0.1, -0.05) is 26.0 Å². The maximum atomic E-state index is 13.5. The van der Waals surface area contributed by atoms with Gasteiger partial charge in [-0.05, 0) is 55.8 Å². The van der Waals surface area contributed by atoms with Gasteiger partial charge in [-0.25, -0.2) is 9.78 Å². The number of aromatic amines is 1. The molecule has 1 heterocycles. The van der Waals surface area contributed by atoms with Crippen molar-refractivity contribution in [3.05, 3.63) is 48.0 Å². The molecule has 0 radical (unpaired) electrons. The fourth-order valence-electron chi connectivity index (χ4n) is 4.09. The van der Waals surface area contributed by atoms with Crippen LogP contribution in [0.5, 0.6) is 5.75 Å². The van der Waals surface area contributed by atoms with Gasteiger partial charge >= 0.3 is 5.97 Å². The second-order valence-corrected chi connectivity index (χ2v) is 10.2. The van der Waals surface area contributed by atoms with E-state index in [1.54, 1.807) is 12.1 Å². The molecule has 1 aromatic carbocycles. The van der Waals surface area contributed by atoms with Crippen LogP contribution in [-0.2, 0) is 32.0 Å². The van der Waals surface area contributed by atoms with Crippen molar-refractivity contribution in [3.8, 4) is 5.75 Å². The molecular formula is C27H41N7O6. The summed E-state index contributed by atoms with van der Waals surface area (Å²) in [4.78, 5) is 58.2. The number of H-pyrrole nitrogens is 1. The third-order valence-electron chi connectivity index (χ3n) is 6.24. The molecule has 4 unspecified atom stereocenters. The molecule has 2 aromatic rings. The van der Waals surface area contributed by atoms with Crippen molar-refractivity contribution in [3.63, 3.8) is 0 Å². The molecular weight excluding hydrogens is 518 g/mol. The van der Waals surface area contributed by atoms with E-state index in [2.05, 4.69) is 25.9 Å². The molecule has 3 amide bonds. The zero-order chi connectivity index (χ0) is 29.7. The maximum absolute atomic E-state index is 13.5. The summed E-state index contributed by atoms with van der Waals surface area (Å²) in [6.07, 6.45) is 4.66. The third-order valence-corrected chi connectivity index (χ3v) is 6.24. The quantitative estimate of drug-likeness (QED) is 0.121. The lowest BCUT2D eigenvalue weighted by Crippen LogP contribution is -2.58. The number of aromatic hydroxyl groups is 1. The molecule has 0 saturated heterocycles. The first-order chi connectivity index (χ1) is 19.0. The number of aliphatic carboxylic acids is 1. The van der Waals surface area contributed by atoms with E-state index in [1.807, 2.05) is 13.8 Å². The van der Waals surface area contributed by atoms with Crippen LogP contribution in [0.1, 0.15) is 50.8 Å². The topological polar surface area (TPSA) is 226 Å². The molecule has 10 N–H and O–H groups in total. The zero-order valence-corrected chi connectivity index (χ0v) is 22.9. The average Bonchev–Trinajstić information content (AvgIpc) is 3.41. The fourth-order valence-corrected chi connectivity index (χ4v) is 4.09. The highest BCUT2D eigenvalue weighted by Crippen LogP contribution is 2.13. The second-order valence-electron chi connectivity index (χ2n) is 10.2. The van der Waals surface area contributed by atoms with Gasteiger partial charge in [0.15, 0.2) is 0 Å². The van der Waals surface area contributed by atoms with Crippen LogP contribution in [0.3, 0.4) is 0 Å². The Balaban J connectivity index is 2.26. The van der Waals surface area contributed by atoms with E-state index < -0.39 is 47.9 Å². The first-order valence-corrected chi connectivity index (χ1v) is 13.3. The molecule has 0 saturated carbocycles.